The van der Waals surface area contributed by atoms with Gasteiger partial charge >= 0.3 is 12.1 Å². The van der Waals surface area contributed by atoms with Gasteiger partial charge in [0.1, 0.15) is 29.6 Å². The zero-order valence-corrected chi connectivity index (χ0v) is 24.1. The van der Waals surface area contributed by atoms with Gasteiger partial charge in [-0.15, -0.1) is 0 Å². The van der Waals surface area contributed by atoms with E-state index in [2.05, 4.69) is 5.32 Å². The van der Waals surface area contributed by atoms with Crippen LogP contribution in [-0.4, -0.2) is 24.3 Å². The zero-order valence-electron chi connectivity index (χ0n) is 24.1. The Morgan fingerprint density at radius 1 is 0.950 bits per heavy atom. The monoisotopic (exact) mass is 553 g/mol. The molecule has 0 unspecified atom stereocenters. The number of esters is 1. The normalized spacial score (nSPS) is 12.0. The summed E-state index contributed by atoms with van der Waals surface area (Å²) in [6.07, 6.45) is -1.41. The lowest BCUT2D eigenvalue weighted by Gasteiger charge is -2.25. The third-order valence-corrected chi connectivity index (χ3v) is 6.08. The van der Waals surface area contributed by atoms with Crippen molar-refractivity contribution in [2.24, 2.45) is 0 Å². The molecule has 0 fully saturated rings. The maximum absolute atomic E-state index is 16.5. The van der Waals surface area contributed by atoms with Crippen LogP contribution in [0.1, 0.15) is 68.0 Å². The largest absolute Gasteiger partial charge is 0.488 e. The van der Waals surface area contributed by atoms with E-state index in [1.807, 2.05) is 50.2 Å². The van der Waals surface area contributed by atoms with Crippen molar-refractivity contribution in [3.63, 3.8) is 0 Å². The first-order valence-corrected chi connectivity index (χ1v) is 13.2. The van der Waals surface area contributed by atoms with Crippen LogP contribution in [0.15, 0.2) is 48.5 Å². The lowest BCUT2D eigenvalue weighted by Crippen LogP contribution is -2.37. The number of aryl methyl sites for hydroxylation is 3. The molecule has 0 bridgehead atoms. The standard InChI is InChI=1S/C32H37F2NO5/c1-8-38-26(36)17-24(35-31(37)40-32(5,6)7)28-29(33)21(4)16-23(30(28)34)27-20(3)14-19(2)15-25(27)39-18-22-12-10-9-11-13-22/h9-16,24H,8,17-18H2,1-7H3,(H,35,37)/t24-/m0/s1. The number of halogens is 2. The molecule has 8 heteroatoms. The van der Waals surface area contributed by atoms with E-state index in [9.17, 15) is 9.59 Å². The van der Waals surface area contributed by atoms with Crippen molar-refractivity contribution in [3.05, 3.63) is 88.0 Å². The van der Waals surface area contributed by atoms with Crippen molar-refractivity contribution in [2.75, 3.05) is 6.61 Å². The summed E-state index contributed by atoms with van der Waals surface area (Å²) < 4.78 is 48.6. The Bertz CT molecular complexity index is 1370. The van der Waals surface area contributed by atoms with Gasteiger partial charge < -0.3 is 19.5 Å². The SMILES string of the molecule is CCOC(=O)C[C@H](NC(=O)OC(C)(C)C)c1c(F)c(C)cc(-c2c(C)cc(C)cc2OCc2ccccc2)c1F. The lowest BCUT2D eigenvalue weighted by atomic mass is 9.90. The number of carbonyl (C=O) groups is 2. The second kappa shape index (κ2) is 12.9. The molecule has 0 aliphatic carbocycles. The number of nitrogens with one attached hydrogen (secondary N) is 1. The molecule has 1 atom stereocenters. The molecule has 0 aliphatic rings. The predicted molar refractivity (Wildman–Crippen MR) is 150 cm³/mol. The van der Waals surface area contributed by atoms with E-state index in [-0.39, 0.29) is 24.3 Å². The minimum absolute atomic E-state index is 0.0761. The molecule has 1 amide bonds. The van der Waals surface area contributed by atoms with Gasteiger partial charge in [0.05, 0.1) is 19.1 Å². The van der Waals surface area contributed by atoms with Gasteiger partial charge in [0.15, 0.2) is 0 Å². The molecule has 0 radical (unpaired) electrons. The third kappa shape index (κ3) is 7.81. The average molecular weight is 554 g/mol. The Morgan fingerprint density at radius 2 is 1.62 bits per heavy atom. The molecule has 0 saturated carbocycles. The number of benzene rings is 3. The van der Waals surface area contributed by atoms with Crippen molar-refractivity contribution in [2.45, 2.75) is 73.1 Å². The topological polar surface area (TPSA) is 73.9 Å². The van der Waals surface area contributed by atoms with Gasteiger partial charge in [0.25, 0.3) is 0 Å². The van der Waals surface area contributed by atoms with Crippen molar-refractivity contribution < 1.29 is 32.6 Å². The molecule has 0 aliphatic heterocycles. The Morgan fingerprint density at radius 3 is 2.25 bits per heavy atom. The van der Waals surface area contributed by atoms with Crippen LogP contribution in [0.5, 0.6) is 5.75 Å². The molecular formula is C32H37F2NO5. The molecular weight excluding hydrogens is 516 g/mol. The molecule has 3 aromatic rings. The number of ether oxygens (including phenoxy) is 3. The van der Waals surface area contributed by atoms with Gasteiger partial charge in [-0.05, 0) is 82.9 Å². The van der Waals surface area contributed by atoms with Crippen molar-refractivity contribution in [3.8, 4) is 16.9 Å². The molecule has 1 N–H and O–H groups in total. The van der Waals surface area contributed by atoms with Crippen LogP contribution in [0.2, 0.25) is 0 Å². The molecule has 0 aromatic heterocycles. The zero-order chi connectivity index (χ0) is 29.6. The quantitative estimate of drug-likeness (QED) is 0.276. The molecule has 0 saturated heterocycles. The molecule has 40 heavy (non-hydrogen) atoms. The Balaban J connectivity index is 2.14. The highest BCUT2D eigenvalue weighted by Crippen LogP contribution is 2.40. The summed E-state index contributed by atoms with van der Waals surface area (Å²) in [6.45, 7) is 12.2. The van der Waals surface area contributed by atoms with Crippen LogP contribution in [0.3, 0.4) is 0 Å². The number of hydrogen-bond acceptors (Lipinski definition) is 5. The van der Waals surface area contributed by atoms with Crippen LogP contribution in [-0.2, 0) is 20.9 Å². The number of hydrogen-bond donors (Lipinski definition) is 1. The molecule has 214 valence electrons. The fraction of sp³-hybridized carbons (Fsp3) is 0.375. The number of rotatable bonds is 9. The third-order valence-electron chi connectivity index (χ3n) is 6.08. The van der Waals surface area contributed by atoms with E-state index in [0.717, 1.165) is 16.7 Å². The summed E-state index contributed by atoms with van der Waals surface area (Å²) in [5.74, 6) is -2.07. The van der Waals surface area contributed by atoms with Crippen LogP contribution >= 0.6 is 0 Å². The van der Waals surface area contributed by atoms with Gasteiger partial charge in [0, 0.05) is 16.7 Å². The minimum Gasteiger partial charge on any atom is -0.488 e. The van der Waals surface area contributed by atoms with Crippen LogP contribution in [0.4, 0.5) is 13.6 Å². The maximum atomic E-state index is 16.5. The highest BCUT2D eigenvalue weighted by atomic mass is 19.1. The first-order chi connectivity index (χ1) is 18.8. The van der Waals surface area contributed by atoms with E-state index in [1.54, 1.807) is 33.8 Å². The van der Waals surface area contributed by atoms with E-state index < -0.39 is 47.3 Å². The highest BCUT2D eigenvalue weighted by Gasteiger charge is 2.31. The van der Waals surface area contributed by atoms with Gasteiger partial charge in [-0.25, -0.2) is 13.6 Å². The lowest BCUT2D eigenvalue weighted by molar-refractivity contribution is -0.143. The first-order valence-electron chi connectivity index (χ1n) is 13.2. The molecule has 0 heterocycles. The van der Waals surface area contributed by atoms with E-state index in [0.29, 0.717) is 11.3 Å². The van der Waals surface area contributed by atoms with Gasteiger partial charge in [-0.2, -0.15) is 0 Å². The summed E-state index contributed by atoms with van der Waals surface area (Å²) in [5, 5.41) is 2.48. The number of alkyl carbamates (subject to hydrolysis) is 1. The Hall–Kier alpha value is -3.94. The number of carbonyl (C=O) groups excluding carboxylic acids is 2. The van der Waals surface area contributed by atoms with Crippen molar-refractivity contribution in [1.82, 2.24) is 5.32 Å². The Labute approximate surface area is 234 Å². The summed E-state index contributed by atoms with van der Waals surface area (Å²) in [5.41, 5.74) is 1.93. The smallest absolute Gasteiger partial charge is 0.408 e. The van der Waals surface area contributed by atoms with Crippen LogP contribution in [0, 0.1) is 32.4 Å². The second-order valence-electron chi connectivity index (χ2n) is 10.7. The fourth-order valence-electron chi connectivity index (χ4n) is 4.47. The first kappa shape index (κ1) is 30.6. The molecule has 0 spiro atoms. The summed E-state index contributed by atoms with van der Waals surface area (Å²) in [4.78, 5) is 25.1. The summed E-state index contributed by atoms with van der Waals surface area (Å²) in [6, 6.07) is 13.3. The van der Waals surface area contributed by atoms with Crippen molar-refractivity contribution in [1.29, 1.82) is 0 Å². The summed E-state index contributed by atoms with van der Waals surface area (Å²) >= 11 is 0. The van der Waals surface area contributed by atoms with E-state index >= 15 is 8.78 Å². The Kier molecular flexibility index (Phi) is 9.90. The van der Waals surface area contributed by atoms with E-state index in [1.165, 1.54) is 13.0 Å². The van der Waals surface area contributed by atoms with Gasteiger partial charge in [-0.1, -0.05) is 36.4 Å². The number of amides is 1. The second-order valence-corrected chi connectivity index (χ2v) is 10.7. The van der Waals surface area contributed by atoms with Crippen LogP contribution < -0.4 is 10.1 Å². The van der Waals surface area contributed by atoms with Gasteiger partial charge in [0.2, 0.25) is 0 Å². The van der Waals surface area contributed by atoms with Crippen molar-refractivity contribution >= 4 is 12.1 Å². The predicted octanol–water partition coefficient (Wildman–Crippen LogP) is 7.66. The van der Waals surface area contributed by atoms with Gasteiger partial charge in [-0.3, -0.25) is 4.79 Å². The van der Waals surface area contributed by atoms with Crippen LogP contribution in [0.25, 0.3) is 11.1 Å². The maximum Gasteiger partial charge on any atom is 0.408 e. The average Bonchev–Trinajstić information content (AvgIpc) is 2.85. The fourth-order valence-corrected chi connectivity index (χ4v) is 4.47. The molecule has 6 nitrogen and oxygen atoms in total. The molecule has 3 rings (SSSR count). The minimum atomic E-state index is -1.38. The van der Waals surface area contributed by atoms with E-state index in [4.69, 9.17) is 14.2 Å². The highest BCUT2D eigenvalue weighted by molar-refractivity contribution is 5.78. The molecule has 3 aromatic carbocycles. The summed E-state index contributed by atoms with van der Waals surface area (Å²) in [7, 11) is 0.